The largest absolute Gasteiger partial charge is 0.338 e. The summed E-state index contributed by atoms with van der Waals surface area (Å²) in [7, 11) is 0. The van der Waals surface area contributed by atoms with Crippen LogP contribution in [0.1, 0.15) is 21.6 Å². The van der Waals surface area contributed by atoms with Gasteiger partial charge in [0, 0.05) is 0 Å². The van der Waals surface area contributed by atoms with Gasteiger partial charge in [0.05, 0.1) is 17.3 Å². The van der Waals surface area contributed by atoms with Gasteiger partial charge in [0.25, 0.3) is 5.91 Å². The molecule has 0 unspecified atom stereocenters. The van der Waals surface area contributed by atoms with Crippen molar-refractivity contribution in [3.8, 4) is 6.07 Å². The van der Waals surface area contributed by atoms with Gasteiger partial charge in [-0.25, -0.2) is 4.98 Å². The second kappa shape index (κ2) is 4.58. The Balaban J connectivity index is 2.62. The van der Waals surface area contributed by atoms with Gasteiger partial charge in [-0.05, 0) is 6.42 Å². The maximum Gasteiger partial charge on any atom is 0.263 e. The number of hydrogen-bond acceptors (Lipinski definition) is 4. The van der Waals surface area contributed by atoms with E-state index in [0.29, 0.717) is 4.88 Å². The highest BCUT2D eigenvalue weighted by Gasteiger charge is 2.08. The molecule has 0 saturated heterocycles. The number of nitriles is 1. The first-order valence-corrected chi connectivity index (χ1v) is 4.69. The summed E-state index contributed by atoms with van der Waals surface area (Å²) in [4.78, 5) is 15.8. The lowest BCUT2D eigenvalue weighted by atomic mass is 10.5. The second-order valence-electron chi connectivity index (χ2n) is 2.31. The Hall–Kier alpha value is -1.41. The zero-order chi connectivity index (χ0) is 9.68. The van der Waals surface area contributed by atoms with Gasteiger partial charge < -0.3 is 5.32 Å². The molecule has 0 aliphatic carbocycles. The first kappa shape index (κ1) is 9.68. The molecular weight excluding hydrogens is 186 g/mol. The van der Waals surface area contributed by atoms with Crippen molar-refractivity contribution >= 4 is 17.2 Å². The van der Waals surface area contributed by atoms with Crippen LogP contribution in [0.5, 0.6) is 0 Å². The summed E-state index contributed by atoms with van der Waals surface area (Å²) in [6.45, 7) is 2.02. The maximum absolute atomic E-state index is 11.2. The van der Waals surface area contributed by atoms with E-state index in [1.807, 2.05) is 13.0 Å². The van der Waals surface area contributed by atoms with Crippen molar-refractivity contribution in [3.63, 3.8) is 0 Å². The van der Waals surface area contributed by atoms with Gasteiger partial charge in [-0.2, -0.15) is 5.26 Å². The highest BCUT2D eigenvalue weighted by Crippen LogP contribution is 2.12. The molecular formula is C8H9N3OS. The van der Waals surface area contributed by atoms with Gasteiger partial charge in [-0.15, -0.1) is 11.3 Å². The smallest absolute Gasteiger partial charge is 0.263 e. The molecule has 0 aromatic carbocycles. The fraction of sp³-hybridized carbons (Fsp3) is 0.375. The lowest BCUT2D eigenvalue weighted by molar-refractivity contribution is 0.0962. The number of nitrogens with one attached hydrogen (secondary N) is 1. The molecule has 13 heavy (non-hydrogen) atoms. The Labute approximate surface area is 80.2 Å². The van der Waals surface area contributed by atoms with Crippen molar-refractivity contribution in [2.24, 2.45) is 0 Å². The minimum absolute atomic E-state index is 0.0399. The van der Waals surface area contributed by atoms with Crippen LogP contribution in [0.4, 0.5) is 0 Å². The summed E-state index contributed by atoms with van der Waals surface area (Å²) < 4.78 is 0. The first-order chi connectivity index (χ1) is 6.27. The van der Waals surface area contributed by atoms with E-state index in [2.05, 4.69) is 10.3 Å². The summed E-state index contributed by atoms with van der Waals surface area (Å²) in [6.07, 6.45) is 2.37. The predicted octanol–water partition coefficient (Wildman–Crippen LogP) is 0.959. The van der Waals surface area contributed by atoms with Gasteiger partial charge >= 0.3 is 0 Å². The van der Waals surface area contributed by atoms with E-state index in [1.54, 1.807) is 0 Å². The van der Waals surface area contributed by atoms with Crippen molar-refractivity contribution < 1.29 is 4.79 Å². The number of amides is 1. The van der Waals surface area contributed by atoms with Gasteiger partial charge in [0.1, 0.15) is 11.4 Å². The fourth-order valence-electron chi connectivity index (χ4n) is 0.786. The van der Waals surface area contributed by atoms with Crippen LogP contribution >= 0.6 is 11.3 Å². The van der Waals surface area contributed by atoms with E-state index < -0.39 is 0 Å². The molecule has 0 saturated carbocycles. The molecule has 1 aromatic heterocycles. The molecule has 0 aliphatic rings. The highest BCUT2D eigenvalue weighted by molar-refractivity contribution is 7.13. The number of nitrogens with zero attached hydrogens (tertiary/aromatic N) is 2. The lowest BCUT2D eigenvalue weighted by Gasteiger charge is -1.94. The third-order valence-electron chi connectivity index (χ3n) is 1.41. The van der Waals surface area contributed by atoms with Gasteiger partial charge in [-0.3, -0.25) is 4.79 Å². The summed E-state index contributed by atoms with van der Waals surface area (Å²) in [6, 6.07) is 1.84. The van der Waals surface area contributed by atoms with Crippen LogP contribution in [0.3, 0.4) is 0 Å². The zero-order valence-corrected chi connectivity index (χ0v) is 8.02. The van der Waals surface area contributed by atoms with Crippen LogP contribution in [0.15, 0.2) is 6.20 Å². The van der Waals surface area contributed by atoms with Gasteiger partial charge in [0.15, 0.2) is 0 Å². The third-order valence-corrected chi connectivity index (χ3v) is 2.55. The second-order valence-corrected chi connectivity index (χ2v) is 3.43. The standard InChI is InChI=1S/C8H9N3OS/c1-2-7-11-5-6(13-7)8(12)10-4-3-9/h5H,2,4H2,1H3,(H,10,12). The Morgan fingerprint density at radius 1 is 1.85 bits per heavy atom. The van der Waals surface area contributed by atoms with E-state index >= 15 is 0 Å². The number of thiazole rings is 1. The molecule has 1 amide bonds. The van der Waals surface area contributed by atoms with E-state index in [1.165, 1.54) is 17.5 Å². The Kier molecular flexibility index (Phi) is 3.41. The Morgan fingerprint density at radius 2 is 2.62 bits per heavy atom. The van der Waals surface area contributed by atoms with Gasteiger partial charge in [0.2, 0.25) is 0 Å². The number of carbonyl (C=O) groups is 1. The molecule has 0 aliphatic heterocycles. The molecule has 0 fully saturated rings. The van der Waals surface area contributed by atoms with Crippen LogP contribution in [-0.2, 0) is 6.42 Å². The lowest BCUT2D eigenvalue weighted by Crippen LogP contribution is -2.22. The van der Waals surface area contributed by atoms with Crippen molar-refractivity contribution in [3.05, 3.63) is 16.1 Å². The zero-order valence-electron chi connectivity index (χ0n) is 7.20. The topological polar surface area (TPSA) is 65.8 Å². The molecule has 1 aromatic rings. The first-order valence-electron chi connectivity index (χ1n) is 3.87. The molecule has 68 valence electrons. The summed E-state index contributed by atoms with van der Waals surface area (Å²) in [5.74, 6) is -0.223. The number of hydrogen-bond donors (Lipinski definition) is 1. The van der Waals surface area contributed by atoms with Crippen LogP contribution in [0.2, 0.25) is 0 Å². The quantitative estimate of drug-likeness (QED) is 0.730. The molecule has 5 heteroatoms. The SMILES string of the molecule is CCc1ncc(C(=O)NCC#N)s1. The molecule has 4 nitrogen and oxygen atoms in total. The average molecular weight is 195 g/mol. The fourth-order valence-corrected chi connectivity index (χ4v) is 1.56. The van der Waals surface area contributed by atoms with Crippen LogP contribution in [0, 0.1) is 11.3 Å². The van der Waals surface area contributed by atoms with Crippen LogP contribution < -0.4 is 5.32 Å². The minimum atomic E-state index is -0.223. The molecule has 0 radical (unpaired) electrons. The van der Waals surface area contributed by atoms with Crippen LogP contribution in [0.25, 0.3) is 0 Å². The van der Waals surface area contributed by atoms with E-state index in [0.717, 1.165) is 11.4 Å². The Morgan fingerprint density at radius 3 is 3.15 bits per heavy atom. The predicted molar refractivity (Wildman–Crippen MR) is 49.4 cm³/mol. The van der Waals surface area contributed by atoms with Crippen molar-refractivity contribution in [1.29, 1.82) is 5.26 Å². The number of carbonyl (C=O) groups excluding carboxylic acids is 1. The monoisotopic (exact) mass is 195 g/mol. The van der Waals surface area contributed by atoms with E-state index in [-0.39, 0.29) is 12.5 Å². The molecule has 1 rings (SSSR count). The van der Waals surface area contributed by atoms with Gasteiger partial charge in [-0.1, -0.05) is 6.92 Å². The number of aromatic nitrogens is 1. The Bertz CT molecular complexity index is 339. The molecule has 0 bridgehead atoms. The van der Waals surface area contributed by atoms with Crippen molar-refractivity contribution in [1.82, 2.24) is 10.3 Å². The number of aryl methyl sites for hydroxylation is 1. The number of rotatable bonds is 3. The van der Waals surface area contributed by atoms with Crippen molar-refractivity contribution in [2.75, 3.05) is 6.54 Å². The van der Waals surface area contributed by atoms with E-state index in [4.69, 9.17) is 5.26 Å². The minimum Gasteiger partial charge on any atom is -0.338 e. The summed E-state index contributed by atoms with van der Waals surface area (Å²) >= 11 is 1.36. The summed E-state index contributed by atoms with van der Waals surface area (Å²) in [5.41, 5.74) is 0. The normalized spacial score (nSPS) is 9.23. The molecule has 0 spiro atoms. The van der Waals surface area contributed by atoms with Crippen LogP contribution in [-0.4, -0.2) is 17.4 Å². The molecule has 1 heterocycles. The summed E-state index contributed by atoms with van der Waals surface area (Å²) in [5, 5.41) is 11.6. The highest BCUT2D eigenvalue weighted by atomic mass is 32.1. The molecule has 0 atom stereocenters. The van der Waals surface area contributed by atoms with E-state index in [9.17, 15) is 4.79 Å². The molecule has 1 N–H and O–H groups in total. The average Bonchev–Trinajstić information content (AvgIpc) is 2.62. The third kappa shape index (κ3) is 2.53. The maximum atomic E-state index is 11.2. The van der Waals surface area contributed by atoms with Crippen molar-refractivity contribution in [2.45, 2.75) is 13.3 Å².